The number of nitrogens with zero attached hydrogens (tertiary/aromatic N) is 2. The third-order valence-electron chi connectivity index (χ3n) is 8.08. The van der Waals surface area contributed by atoms with Gasteiger partial charge in [-0.25, -0.2) is 0 Å². The van der Waals surface area contributed by atoms with Gasteiger partial charge in [0, 0.05) is 35.5 Å². The number of hydrogen-bond donors (Lipinski definition) is 2. The van der Waals surface area contributed by atoms with Gasteiger partial charge in [-0.05, 0) is 83.5 Å². The van der Waals surface area contributed by atoms with Gasteiger partial charge in [0.2, 0.25) is 17.7 Å². The van der Waals surface area contributed by atoms with Gasteiger partial charge in [-0.15, -0.1) is 0 Å². The van der Waals surface area contributed by atoms with Gasteiger partial charge in [0.25, 0.3) is 11.8 Å². The minimum absolute atomic E-state index is 0.0236. The van der Waals surface area contributed by atoms with E-state index in [-0.39, 0.29) is 35.8 Å². The van der Waals surface area contributed by atoms with E-state index in [0.29, 0.717) is 44.1 Å². The van der Waals surface area contributed by atoms with Crippen LogP contribution in [0.2, 0.25) is 0 Å². The lowest BCUT2D eigenvalue weighted by Crippen LogP contribution is -2.54. The second-order valence-corrected chi connectivity index (χ2v) is 12.2. The summed E-state index contributed by atoms with van der Waals surface area (Å²) in [4.78, 5) is 66.7. The molecule has 1 atom stereocenters. The Balaban J connectivity index is 1.24. The van der Waals surface area contributed by atoms with Crippen LogP contribution in [0.25, 0.3) is 0 Å². The van der Waals surface area contributed by atoms with Crippen LogP contribution in [0, 0.1) is 16.4 Å². The number of fused-ring (bicyclic) bond motifs is 1. The first-order chi connectivity index (χ1) is 19.1. The molecule has 0 bridgehead atoms. The Kier molecular flexibility index (Phi) is 7.98. The highest BCUT2D eigenvalue weighted by Crippen LogP contribution is 2.36. The number of benzene rings is 2. The minimum Gasteiger partial charge on any atom is -0.371 e. The number of amides is 5. The normalized spacial score (nSPS) is 19.8. The molecule has 10 heteroatoms. The number of carbonyl (C=O) groups is 5. The quantitative estimate of drug-likeness (QED) is 0.363. The van der Waals surface area contributed by atoms with Crippen molar-refractivity contribution in [2.24, 2.45) is 5.92 Å². The molecule has 0 radical (unpaired) electrons. The molecule has 3 aliphatic rings. The maximum Gasteiger partial charge on any atom is 0.264 e. The number of hydrogen-bond acceptors (Lipinski definition) is 6. The number of nitrogens with one attached hydrogen (secondary N) is 2. The van der Waals surface area contributed by atoms with Crippen molar-refractivity contribution in [3.8, 4) is 0 Å². The lowest BCUT2D eigenvalue weighted by Gasteiger charge is -2.34. The van der Waals surface area contributed by atoms with Gasteiger partial charge in [-0.2, -0.15) is 0 Å². The monoisotopic (exact) mass is 656 g/mol. The second-order valence-electron chi connectivity index (χ2n) is 11.1. The summed E-state index contributed by atoms with van der Waals surface area (Å²) in [6, 6.07) is 8.45. The predicted octanol–water partition coefficient (Wildman–Crippen LogP) is 3.66. The average Bonchev–Trinajstić information content (AvgIpc) is 3.18. The number of rotatable bonds is 6. The Labute approximate surface area is 247 Å². The molecule has 2 N–H and O–H groups in total. The molecule has 2 aromatic carbocycles. The lowest BCUT2D eigenvalue weighted by molar-refractivity contribution is -0.136. The number of aryl methyl sites for hydroxylation is 1. The van der Waals surface area contributed by atoms with E-state index in [4.69, 9.17) is 0 Å². The molecule has 40 heavy (non-hydrogen) atoms. The highest BCUT2D eigenvalue weighted by atomic mass is 127. The van der Waals surface area contributed by atoms with Gasteiger partial charge in [0.05, 0.1) is 16.8 Å². The maximum absolute atomic E-state index is 13.4. The summed E-state index contributed by atoms with van der Waals surface area (Å²) < 4.78 is 1.27. The molecule has 0 spiro atoms. The van der Waals surface area contributed by atoms with E-state index in [1.807, 2.05) is 11.0 Å². The van der Waals surface area contributed by atoms with Crippen molar-refractivity contribution >= 4 is 57.8 Å². The van der Waals surface area contributed by atoms with E-state index in [0.717, 1.165) is 10.5 Å². The Hall–Kier alpha value is -3.28. The van der Waals surface area contributed by atoms with E-state index in [1.165, 1.54) is 14.7 Å². The first-order valence-corrected chi connectivity index (χ1v) is 14.8. The molecular weight excluding hydrogens is 623 g/mol. The molecule has 0 aromatic heterocycles. The van der Waals surface area contributed by atoms with Gasteiger partial charge in [0.1, 0.15) is 6.04 Å². The van der Waals surface area contributed by atoms with Crippen LogP contribution in [0.5, 0.6) is 0 Å². The second kappa shape index (κ2) is 11.3. The number of carbonyl (C=O) groups excluding carboxylic acids is 5. The van der Waals surface area contributed by atoms with Crippen molar-refractivity contribution < 1.29 is 24.0 Å². The maximum atomic E-state index is 13.4. The van der Waals surface area contributed by atoms with Crippen LogP contribution in [0.15, 0.2) is 30.3 Å². The largest absolute Gasteiger partial charge is 0.371 e. The van der Waals surface area contributed by atoms with Crippen LogP contribution in [0.1, 0.15) is 82.9 Å². The lowest BCUT2D eigenvalue weighted by atomic mass is 9.94. The minimum atomic E-state index is -0.999. The van der Waals surface area contributed by atoms with Crippen LogP contribution in [-0.2, 0) is 20.9 Å². The van der Waals surface area contributed by atoms with Crippen molar-refractivity contribution in [2.75, 3.05) is 18.0 Å². The summed E-state index contributed by atoms with van der Waals surface area (Å²) in [5.74, 6) is -1.77. The van der Waals surface area contributed by atoms with Gasteiger partial charge in [0.15, 0.2) is 0 Å². The summed E-state index contributed by atoms with van der Waals surface area (Å²) >= 11 is 2.38. The Morgan fingerprint density at radius 2 is 1.80 bits per heavy atom. The van der Waals surface area contributed by atoms with Crippen LogP contribution >= 0.6 is 22.6 Å². The molecular formula is C30H33IN4O5. The number of halogens is 1. The smallest absolute Gasteiger partial charge is 0.264 e. The molecule has 1 unspecified atom stereocenters. The molecule has 9 nitrogen and oxygen atoms in total. The van der Waals surface area contributed by atoms with E-state index in [9.17, 15) is 24.0 Å². The van der Waals surface area contributed by atoms with Crippen LogP contribution in [-0.4, -0.2) is 53.6 Å². The molecule has 210 valence electrons. The van der Waals surface area contributed by atoms with E-state index < -0.39 is 29.7 Å². The van der Waals surface area contributed by atoms with Crippen LogP contribution in [0.4, 0.5) is 5.69 Å². The first kappa shape index (κ1) is 28.3. The highest BCUT2D eigenvalue weighted by molar-refractivity contribution is 14.1. The Morgan fingerprint density at radius 1 is 1.07 bits per heavy atom. The zero-order chi connectivity index (χ0) is 28.7. The van der Waals surface area contributed by atoms with Gasteiger partial charge >= 0.3 is 0 Å². The Morgan fingerprint density at radius 3 is 2.48 bits per heavy atom. The van der Waals surface area contributed by atoms with Gasteiger partial charge in [-0.3, -0.25) is 34.2 Å². The van der Waals surface area contributed by atoms with E-state index >= 15 is 0 Å². The standard InChI is InChI=1S/C30H33IN4O5/c1-16(2)21-14-18(13-17(3)26(21)31)15-32-27(37)19-9-11-34(12-10-19)22-6-4-5-20-25(22)30(40)35(29(20)39)23-7-8-24(36)33-28(23)38/h4-6,13-14,16,19,23H,7-12,15H2,1-3H3,(H,32,37)(H,33,36,38). The Bertz CT molecular complexity index is 1410. The van der Waals surface area contributed by atoms with Crippen molar-refractivity contribution in [1.29, 1.82) is 0 Å². The fourth-order valence-corrected chi connectivity index (χ4v) is 6.81. The summed E-state index contributed by atoms with van der Waals surface area (Å²) in [5, 5.41) is 5.34. The first-order valence-electron chi connectivity index (χ1n) is 13.7. The molecule has 3 aliphatic heterocycles. The molecule has 5 amide bonds. The van der Waals surface area contributed by atoms with E-state index in [1.54, 1.807) is 12.1 Å². The van der Waals surface area contributed by atoms with Crippen LogP contribution < -0.4 is 15.5 Å². The third kappa shape index (κ3) is 5.25. The fourth-order valence-electron chi connectivity index (χ4n) is 5.87. The average molecular weight is 657 g/mol. The molecule has 3 heterocycles. The number of imide groups is 2. The van der Waals surface area contributed by atoms with Crippen molar-refractivity contribution in [3.05, 3.63) is 61.7 Å². The predicted molar refractivity (Wildman–Crippen MR) is 158 cm³/mol. The van der Waals surface area contributed by atoms with Gasteiger partial charge < -0.3 is 10.2 Å². The summed E-state index contributed by atoms with van der Waals surface area (Å²) in [5.41, 5.74) is 4.79. The van der Waals surface area contributed by atoms with E-state index in [2.05, 4.69) is 66.1 Å². The number of anilines is 1. The summed E-state index contributed by atoms with van der Waals surface area (Å²) in [7, 11) is 0. The molecule has 5 rings (SSSR count). The fraction of sp³-hybridized carbons (Fsp3) is 0.433. The number of piperidine rings is 2. The van der Waals surface area contributed by atoms with Crippen molar-refractivity contribution in [2.45, 2.75) is 65.0 Å². The molecule has 2 aromatic rings. The van der Waals surface area contributed by atoms with Crippen molar-refractivity contribution in [1.82, 2.24) is 15.5 Å². The highest BCUT2D eigenvalue weighted by Gasteiger charge is 2.46. The zero-order valence-corrected chi connectivity index (χ0v) is 25.0. The third-order valence-corrected chi connectivity index (χ3v) is 9.56. The van der Waals surface area contributed by atoms with Crippen LogP contribution in [0.3, 0.4) is 0 Å². The topological polar surface area (TPSA) is 116 Å². The molecule has 0 saturated carbocycles. The van der Waals surface area contributed by atoms with Gasteiger partial charge in [-0.1, -0.05) is 32.0 Å². The summed E-state index contributed by atoms with van der Waals surface area (Å²) in [6.45, 7) is 8.05. The molecule has 2 saturated heterocycles. The van der Waals surface area contributed by atoms with Crippen molar-refractivity contribution in [3.63, 3.8) is 0 Å². The SMILES string of the molecule is Cc1cc(CNC(=O)C2CCN(c3cccc4c3C(=O)N(C3CCC(=O)NC3=O)C4=O)CC2)cc(C(C)C)c1I. The summed E-state index contributed by atoms with van der Waals surface area (Å²) in [6.07, 6.45) is 1.44. The molecule has 0 aliphatic carbocycles. The zero-order valence-electron chi connectivity index (χ0n) is 22.9. The molecule has 2 fully saturated rings.